The number of carbonyl (C=O) groups is 3. The second-order valence-corrected chi connectivity index (χ2v) is 9.56. The highest BCUT2D eigenvalue weighted by molar-refractivity contribution is 7.80. The molecule has 0 aromatic heterocycles. The fourth-order valence-electron chi connectivity index (χ4n) is 3.71. The minimum Gasteiger partial charge on any atom is -0.492 e. The van der Waals surface area contributed by atoms with Crippen LogP contribution >= 0.6 is 0 Å². The van der Waals surface area contributed by atoms with Crippen LogP contribution in [0.4, 0.5) is 4.79 Å². The highest BCUT2D eigenvalue weighted by Gasteiger charge is 2.49. The van der Waals surface area contributed by atoms with Gasteiger partial charge in [0.05, 0.1) is 12.5 Å². The van der Waals surface area contributed by atoms with Gasteiger partial charge in [-0.1, -0.05) is 32.0 Å². The largest absolute Gasteiger partial charge is 0.492 e. The van der Waals surface area contributed by atoms with Crippen molar-refractivity contribution in [2.75, 3.05) is 13.2 Å². The van der Waals surface area contributed by atoms with Crippen LogP contribution < -0.4 is 21.3 Å². The molecule has 3 rings (SSSR count). The number of rotatable bonds is 9. The van der Waals surface area contributed by atoms with Crippen LogP contribution in [-0.2, 0) is 30.7 Å². The molecule has 2 aliphatic heterocycles. The number of hydroxylamine groups is 2. The van der Waals surface area contributed by atoms with Crippen molar-refractivity contribution in [3.63, 3.8) is 0 Å². The molecule has 2 fully saturated rings. The molecule has 14 heteroatoms. The Morgan fingerprint density at radius 3 is 2.62 bits per heavy atom. The van der Waals surface area contributed by atoms with Gasteiger partial charge in [-0.25, -0.2) is 4.79 Å². The first-order valence-electron chi connectivity index (χ1n) is 10.8. The van der Waals surface area contributed by atoms with Crippen molar-refractivity contribution in [2.45, 2.75) is 51.2 Å². The van der Waals surface area contributed by atoms with Crippen LogP contribution in [0, 0.1) is 5.92 Å². The van der Waals surface area contributed by atoms with Crippen molar-refractivity contribution in [2.24, 2.45) is 11.7 Å². The third-order valence-electron chi connectivity index (χ3n) is 5.74. The lowest BCUT2D eigenvalue weighted by atomic mass is 10.0. The minimum absolute atomic E-state index is 0.0453. The van der Waals surface area contributed by atoms with Gasteiger partial charge in [-0.05, 0) is 24.8 Å². The van der Waals surface area contributed by atoms with Gasteiger partial charge in [-0.15, -0.1) is 4.28 Å². The highest BCUT2D eigenvalue weighted by atomic mass is 32.3. The second-order valence-electron chi connectivity index (χ2n) is 8.55. The first-order valence-corrected chi connectivity index (χ1v) is 12.1. The lowest BCUT2D eigenvalue weighted by Gasteiger charge is -2.29. The smallest absolute Gasteiger partial charge is 0.418 e. The molecule has 0 aliphatic carbocycles. The summed E-state index contributed by atoms with van der Waals surface area (Å²) in [6.07, 6.45) is 0.419. The molecule has 3 atom stereocenters. The van der Waals surface area contributed by atoms with E-state index in [1.807, 2.05) is 13.8 Å². The third-order valence-corrected chi connectivity index (χ3v) is 6.09. The van der Waals surface area contributed by atoms with E-state index in [4.69, 9.17) is 15.0 Å². The Labute approximate surface area is 197 Å². The van der Waals surface area contributed by atoms with Crippen LogP contribution in [0.1, 0.15) is 32.3 Å². The summed E-state index contributed by atoms with van der Waals surface area (Å²) in [6, 6.07) is 4.41. The number of carbonyl (C=O) groups excluding carboxylic acids is 3. The molecule has 0 saturated carbocycles. The molecule has 1 aromatic carbocycles. The molecule has 5 N–H and O–H groups in total. The van der Waals surface area contributed by atoms with Gasteiger partial charge < -0.3 is 15.4 Å². The van der Waals surface area contributed by atoms with Crippen molar-refractivity contribution < 1.29 is 36.4 Å². The number of hydrogen-bond donors (Lipinski definition) is 4. The second kappa shape index (κ2) is 10.5. The van der Waals surface area contributed by atoms with Crippen molar-refractivity contribution in [1.29, 1.82) is 0 Å². The summed E-state index contributed by atoms with van der Waals surface area (Å²) in [6.45, 7) is 4.30. The van der Waals surface area contributed by atoms with E-state index in [0.29, 0.717) is 16.4 Å². The predicted molar refractivity (Wildman–Crippen MR) is 118 cm³/mol. The van der Waals surface area contributed by atoms with Gasteiger partial charge in [0.25, 0.3) is 5.91 Å². The number of nitrogens with one attached hydrogen (secondary N) is 2. The predicted octanol–water partition coefficient (Wildman–Crippen LogP) is -0.258. The highest BCUT2D eigenvalue weighted by Crippen LogP contribution is 2.30. The zero-order valence-corrected chi connectivity index (χ0v) is 19.7. The maximum Gasteiger partial charge on any atom is 0.418 e. The van der Waals surface area contributed by atoms with E-state index in [0.717, 1.165) is 4.90 Å². The summed E-state index contributed by atoms with van der Waals surface area (Å²) in [5.41, 5.74) is 11.2. The molecule has 13 nitrogen and oxygen atoms in total. The van der Waals surface area contributed by atoms with Crippen LogP contribution in [0.15, 0.2) is 24.3 Å². The SMILES string of the molecule is CC(C)[C@@H](N)COc1ccccc1CC(=O)NNC(=O)[C@@H]1CC[C@@H]2CN1C(=O)N2OS(=O)(=O)O. The molecule has 0 radical (unpaired) electrons. The van der Waals surface area contributed by atoms with Crippen LogP contribution in [0.5, 0.6) is 5.75 Å². The maximum atomic E-state index is 12.6. The van der Waals surface area contributed by atoms with Gasteiger partial charge in [0, 0.05) is 18.2 Å². The standard InChI is InChI=1S/C20H29N5O8S/c1-12(2)15(21)11-32-17-6-4-3-5-13(17)9-18(26)22-23-19(27)16-8-7-14-10-24(16)20(28)25(14)33-34(29,30)31/h3-6,12,14-16H,7-11,21H2,1-2H3,(H,22,26)(H,23,27)(H,29,30,31)/t14-,15+,16+/m1/s1. The molecule has 0 unspecified atom stereocenters. The van der Waals surface area contributed by atoms with E-state index >= 15 is 0 Å². The van der Waals surface area contributed by atoms with Crippen LogP contribution in [0.25, 0.3) is 0 Å². The Hall–Kier alpha value is -2.94. The van der Waals surface area contributed by atoms with Gasteiger partial charge in [0.2, 0.25) is 5.91 Å². The molecule has 2 aliphatic rings. The van der Waals surface area contributed by atoms with Gasteiger partial charge in [-0.3, -0.25) is 25.0 Å². The third kappa shape index (κ3) is 6.34. The Kier molecular flexibility index (Phi) is 7.97. The number of amides is 4. The first kappa shape index (κ1) is 25.7. The van der Waals surface area contributed by atoms with E-state index in [-0.39, 0.29) is 44.4 Å². The number of fused-ring (bicyclic) bond motifs is 2. The number of nitrogens with two attached hydrogens (primary N) is 1. The van der Waals surface area contributed by atoms with Crippen molar-refractivity contribution >= 4 is 28.2 Å². The number of ether oxygens (including phenoxy) is 1. The summed E-state index contributed by atoms with van der Waals surface area (Å²) in [5.74, 6) is -0.397. The number of nitrogens with zero attached hydrogens (tertiary/aromatic N) is 2. The van der Waals surface area contributed by atoms with Crippen LogP contribution in [-0.4, -0.2) is 72.1 Å². The van der Waals surface area contributed by atoms with Gasteiger partial charge in [0.15, 0.2) is 0 Å². The number of hydrazine groups is 1. The molecule has 188 valence electrons. The van der Waals surface area contributed by atoms with E-state index in [9.17, 15) is 22.8 Å². The topological polar surface area (TPSA) is 181 Å². The van der Waals surface area contributed by atoms with Gasteiger partial charge in [-0.2, -0.15) is 13.5 Å². The Balaban J connectivity index is 1.53. The van der Waals surface area contributed by atoms with Gasteiger partial charge >= 0.3 is 16.4 Å². The molecule has 2 heterocycles. The number of hydrogen-bond acceptors (Lipinski definition) is 8. The lowest BCUT2D eigenvalue weighted by Crippen LogP contribution is -2.54. The summed E-state index contributed by atoms with van der Waals surface area (Å²) in [5, 5.41) is 0.545. The Morgan fingerprint density at radius 1 is 1.24 bits per heavy atom. The normalized spacial score (nSPS) is 20.9. The molecule has 34 heavy (non-hydrogen) atoms. The minimum atomic E-state index is -4.88. The first-order chi connectivity index (χ1) is 16.0. The summed E-state index contributed by atoms with van der Waals surface area (Å²) in [7, 11) is -4.88. The Morgan fingerprint density at radius 2 is 1.94 bits per heavy atom. The number of benzene rings is 1. The van der Waals surface area contributed by atoms with E-state index in [1.165, 1.54) is 0 Å². The molecule has 0 spiro atoms. The van der Waals surface area contributed by atoms with E-state index in [1.54, 1.807) is 24.3 Å². The fraction of sp³-hybridized carbons (Fsp3) is 0.550. The van der Waals surface area contributed by atoms with Crippen molar-refractivity contribution in [3.05, 3.63) is 29.8 Å². The molecule has 1 aromatic rings. The maximum absolute atomic E-state index is 12.6. The molecule has 2 saturated heterocycles. The average molecular weight is 500 g/mol. The molecule has 2 bridgehead atoms. The lowest BCUT2D eigenvalue weighted by molar-refractivity contribution is -0.131. The van der Waals surface area contributed by atoms with E-state index < -0.39 is 40.3 Å². The fourth-order valence-corrected chi connectivity index (χ4v) is 4.09. The zero-order chi connectivity index (χ0) is 25.0. The Bertz CT molecular complexity index is 1030. The van der Waals surface area contributed by atoms with Crippen molar-refractivity contribution in [3.8, 4) is 5.75 Å². The summed E-state index contributed by atoms with van der Waals surface area (Å²) < 4.78 is 40.9. The molecular formula is C20H29N5O8S. The summed E-state index contributed by atoms with van der Waals surface area (Å²) in [4.78, 5) is 38.6. The summed E-state index contributed by atoms with van der Waals surface area (Å²) >= 11 is 0. The molecular weight excluding hydrogens is 470 g/mol. The number of piperidine rings is 1. The molecule has 4 amide bonds. The quantitative estimate of drug-likeness (QED) is 0.263. The monoisotopic (exact) mass is 499 g/mol. The van der Waals surface area contributed by atoms with Crippen molar-refractivity contribution in [1.82, 2.24) is 20.8 Å². The number of para-hydroxylation sites is 1. The van der Waals surface area contributed by atoms with E-state index in [2.05, 4.69) is 15.1 Å². The number of urea groups is 1. The van der Waals surface area contributed by atoms with Gasteiger partial charge in [0.1, 0.15) is 18.4 Å². The van der Waals surface area contributed by atoms with Crippen LogP contribution in [0.3, 0.4) is 0 Å². The zero-order valence-electron chi connectivity index (χ0n) is 18.8. The average Bonchev–Trinajstić information content (AvgIpc) is 3.00. The van der Waals surface area contributed by atoms with Crippen LogP contribution in [0.2, 0.25) is 0 Å².